The summed E-state index contributed by atoms with van der Waals surface area (Å²) < 4.78 is 1.66. The molecule has 0 fully saturated rings. The fourth-order valence-electron chi connectivity index (χ4n) is 3.80. The summed E-state index contributed by atoms with van der Waals surface area (Å²) in [7, 11) is 1.81. The zero-order chi connectivity index (χ0) is 19.8. The molecule has 2 N–H and O–H groups in total. The number of anilines is 1. The van der Waals surface area contributed by atoms with Crippen molar-refractivity contribution in [1.82, 2.24) is 25.1 Å². The third-order valence-corrected chi connectivity index (χ3v) is 5.07. The van der Waals surface area contributed by atoms with E-state index in [2.05, 4.69) is 50.0 Å². The van der Waals surface area contributed by atoms with Gasteiger partial charge in [0.25, 0.3) is 0 Å². The Balaban J connectivity index is 1.39. The molecule has 0 atom stereocenters. The number of nitrogens with zero attached hydrogens (tertiary/aromatic N) is 4. The highest BCUT2D eigenvalue weighted by molar-refractivity contribution is 5.91. The average molecular weight is 382 g/mol. The van der Waals surface area contributed by atoms with Crippen molar-refractivity contribution in [2.24, 2.45) is 7.05 Å². The first-order valence-electron chi connectivity index (χ1n) is 9.26. The number of hydrogen-bond acceptors (Lipinski definition) is 4. The summed E-state index contributed by atoms with van der Waals surface area (Å²) in [6.45, 7) is 0. The summed E-state index contributed by atoms with van der Waals surface area (Å²) in [5.74, 6) is 0.681. The largest absolute Gasteiger partial charge is 0.327 e. The number of fused-ring (bicyclic) bond motifs is 3. The van der Waals surface area contributed by atoms with E-state index in [1.165, 1.54) is 6.33 Å². The van der Waals surface area contributed by atoms with E-state index in [-0.39, 0.29) is 12.1 Å². The van der Waals surface area contributed by atoms with E-state index in [1.54, 1.807) is 17.1 Å². The van der Waals surface area contributed by atoms with E-state index < -0.39 is 0 Å². The number of carbonyl (C=O) groups excluding carboxylic acids is 1. The zero-order valence-corrected chi connectivity index (χ0v) is 15.7. The lowest BCUT2D eigenvalue weighted by molar-refractivity contribution is 0.250. The molecule has 0 saturated heterocycles. The summed E-state index contributed by atoms with van der Waals surface area (Å²) in [4.78, 5) is 21.2. The fraction of sp³-hybridized carbons (Fsp3) is 0.0909. The van der Waals surface area contributed by atoms with Crippen molar-refractivity contribution in [1.29, 1.82) is 0 Å². The maximum atomic E-state index is 12.8. The van der Waals surface area contributed by atoms with Gasteiger partial charge in [0.15, 0.2) is 5.82 Å². The highest BCUT2D eigenvalue weighted by Gasteiger charge is 2.29. The molecular formula is C22H18N6O. The Morgan fingerprint density at radius 1 is 1.00 bits per heavy atom. The Morgan fingerprint density at radius 2 is 1.69 bits per heavy atom. The van der Waals surface area contributed by atoms with Crippen LogP contribution in [0.4, 0.5) is 10.5 Å². The van der Waals surface area contributed by atoms with Gasteiger partial charge in [0.2, 0.25) is 0 Å². The van der Waals surface area contributed by atoms with Gasteiger partial charge in [0.1, 0.15) is 6.33 Å². The first-order chi connectivity index (χ1) is 14.2. The molecule has 0 unspecified atom stereocenters. The molecule has 2 amide bonds. The van der Waals surface area contributed by atoms with Crippen molar-refractivity contribution in [3.63, 3.8) is 0 Å². The van der Waals surface area contributed by atoms with Gasteiger partial charge in [-0.3, -0.25) is 4.98 Å². The van der Waals surface area contributed by atoms with Gasteiger partial charge in [0.05, 0.1) is 17.9 Å². The summed E-state index contributed by atoms with van der Waals surface area (Å²) in [6, 6.07) is 17.6. The second-order valence-electron chi connectivity index (χ2n) is 6.88. The van der Waals surface area contributed by atoms with Crippen LogP contribution in [0.15, 0.2) is 73.3 Å². The number of pyridine rings is 1. The molecule has 0 bridgehead atoms. The van der Waals surface area contributed by atoms with Crippen molar-refractivity contribution in [2.75, 3.05) is 5.32 Å². The van der Waals surface area contributed by atoms with E-state index in [0.717, 1.165) is 27.8 Å². The SMILES string of the molecule is Cn1ncnc1-c1cncc(NC(=O)NC2c3ccccc3-c3ccccc32)c1. The van der Waals surface area contributed by atoms with E-state index in [4.69, 9.17) is 0 Å². The van der Waals surface area contributed by atoms with Gasteiger partial charge in [-0.05, 0) is 28.3 Å². The number of benzene rings is 2. The van der Waals surface area contributed by atoms with Crippen LogP contribution in [-0.4, -0.2) is 25.8 Å². The van der Waals surface area contributed by atoms with Crippen LogP contribution in [-0.2, 0) is 7.05 Å². The van der Waals surface area contributed by atoms with Crippen molar-refractivity contribution in [2.45, 2.75) is 6.04 Å². The summed E-state index contributed by atoms with van der Waals surface area (Å²) in [5.41, 5.74) is 5.85. The van der Waals surface area contributed by atoms with Crippen molar-refractivity contribution >= 4 is 11.7 Å². The molecule has 7 nitrogen and oxygen atoms in total. The minimum absolute atomic E-state index is 0.197. The zero-order valence-electron chi connectivity index (χ0n) is 15.7. The fourth-order valence-corrected chi connectivity index (χ4v) is 3.80. The molecule has 142 valence electrons. The smallest absolute Gasteiger partial charge is 0.320 e. The average Bonchev–Trinajstić information content (AvgIpc) is 3.30. The van der Waals surface area contributed by atoms with Crippen molar-refractivity contribution < 1.29 is 4.79 Å². The number of rotatable bonds is 3. The van der Waals surface area contributed by atoms with Crippen LogP contribution in [0.3, 0.4) is 0 Å². The molecule has 0 radical (unpaired) electrons. The second-order valence-corrected chi connectivity index (χ2v) is 6.88. The van der Waals surface area contributed by atoms with Gasteiger partial charge in [-0.1, -0.05) is 48.5 Å². The van der Waals surface area contributed by atoms with Crippen molar-refractivity contribution in [3.8, 4) is 22.5 Å². The first kappa shape index (κ1) is 17.1. The lowest BCUT2D eigenvalue weighted by Crippen LogP contribution is -2.32. The van der Waals surface area contributed by atoms with Crippen LogP contribution in [0.1, 0.15) is 17.2 Å². The third kappa shape index (κ3) is 3.02. The molecule has 1 aliphatic carbocycles. The molecule has 4 aromatic rings. The minimum atomic E-state index is -0.293. The predicted molar refractivity (Wildman–Crippen MR) is 110 cm³/mol. The first-order valence-corrected chi connectivity index (χ1v) is 9.26. The van der Waals surface area contributed by atoms with Gasteiger partial charge >= 0.3 is 6.03 Å². The van der Waals surface area contributed by atoms with Crippen LogP contribution >= 0.6 is 0 Å². The highest BCUT2D eigenvalue weighted by atomic mass is 16.2. The number of hydrogen-bond donors (Lipinski definition) is 2. The van der Waals surface area contributed by atoms with Crippen LogP contribution in [0.2, 0.25) is 0 Å². The Labute approximate surface area is 167 Å². The Bertz CT molecular complexity index is 1170. The number of nitrogens with one attached hydrogen (secondary N) is 2. The predicted octanol–water partition coefficient (Wildman–Crippen LogP) is 3.77. The normalized spacial score (nSPS) is 12.3. The number of aryl methyl sites for hydroxylation is 1. The molecular weight excluding hydrogens is 364 g/mol. The Hall–Kier alpha value is -4.00. The second kappa shape index (κ2) is 6.87. The monoisotopic (exact) mass is 382 g/mol. The number of amides is 2. The standard InChI is InChI=1S/C22H18N6O/c1-28-21(24-13-25-28)14-10-15(12-23-11-14)26-22(29)27-20-18-8-4-2-6-16(18)17-7-3-5-9-19(17)20/h2-13,20H,1H3,(H2,26,27,29). The third-order valence-electron chi connectivity index (χ3n) is 5.07. The number of aromatic nitrogens is 4. The molecule has 5 rings (SSSR count). The minimum Gasteiger partial charge on any atom is -0.327 e. The van der Waals surface area contributed by atoms with Crippen LogP contribution in [0.5, 0.6) is 0 Å². The van der Waals surface area contributed by atoms with Gasteiger partial charge in [0, 0.05) is 18.8 Å². The molecule has 0 spiro atoms. The van der Waals surface area contributed by atoms with E-state index in [9.17, 15) is 4.79 Å². The van der Waals surface area contributed by atoms with E-state index in [1.807, 2.05) is 37.4 Å². The number of urea groups is 1. The molecule has 2 heterocycles. The van der Waals surface area contributed by atoms with E-state index >= 15 is 0 Å². The Morgan fingerprint density at radius 3 is 2.34 bits per heavy atom. The summed E-state index contributed by atoms with van der Waals surface area (Å²) in [6.07, 6.45) is 4.78. The highest BCUT2D eigenvalue weighted by Crippen LogP contribution is 2.42. The van der Waals surface area contributed by atoms with Gasteiger partial charge in [-0.15, -0.1) is 0 Å². The van der Waals surface area contributed by atoms with Crippen LogP contribution in [0, 0.1) is 0 Å². The molecule has 7 heteroatoms. The molecule has 0 saturated carbocycles. The lowest BCUT2D eigenvalue weighted by atomic mass is 10.1. The molecule has 29 heavy (non-hydrogen) atoms. The summed E-state index contributed by atoms with van der Waals surface area (Å²) in [5, 5.41) is 10.0. The van der Waals surface area contributed by atoms with Crippen molar-refractivity contribution in [3.05, 3.63) is 84.4 Å². The maximum Gasteiger partial charge on any atom is 0.320 e. The lowest BCUT2D eigenvalue weighted by Gasteiger charge is -2.16. The maximum absolute atomic E-state index is 12.8. The van der Waals surface area contributed by atoms with Gasteiger partial charge in [-0.2, -0.15) is 5.10 Å². The van der Waals surface area contributed by atoms with Gasteiger partial charge in [-0.25, -0.2) is 14.5 Å². The molecule has 2 aromatic carbocycles. The quantitative estimate of drug-likeness (QED) is 0.565. The molecule has 1 aliphatic rings. The number of carbonyl (C=O) groups is 1. The topological polar surface area (TPSA) is 84.7 Å². The molecule has 2 aromatic heterocycles. The van der Waals surface area contributed by atoms with Gasteiger partial charge < -0.3 is 10.6 Å². The molecule has 0 aliphatic heterocycles. The van der Waals surface area contributed by atoms with Crippen LogP contribution < -0.4 is 10.6 Å². The van der Waals surface area contributed by atoms with E-state index in [0.29, 0.717) is 11.5 Å². The summed E-state index contributed by atoms with van der Waals surface area (Å²) >= 11 is 0. The Kier molecular flexibility index (Phi) is 4.05. The van der Waals surface area contributed by atoms with Crippen LogP contribution in [0.25, 0.3) is 22.5 Å².